The van der Waals surface area contributed by atoms with E-state index < -0.39 is 0 Å². The lowest BCUT2D eigenvalue weighted by Crippen LogP contribution is -2.47. The zero-order chi connectivity index (χ0) is 19.5. The minimum atomic E-state index is 0.0848. The van der Waals surface area contributed by atoms with Crippen LogP contribution in [-0.4, -0.2) is 28.7 Å². The Balaban J connectivity index is 1.45. The summed E-state index contributed by atoms with van der Waals surface area (Å²) in [4.78, 5) is 9.23. The molecule has 150 valence electrons. The molecule has 0 unspecified atom stereocenters. The zero-order valence-electron chi connectivity index (χ0n) is 16.7. The predicted molar refractivity (Wildman–Crippen MR) is 115 cm³/mol. The highest BCUT2D eigenvalue weighted by molar-refractivity contribution is 9.10. The average Bonchev–Trinajstić information content (AvgIpc) is 3.16. The highest BCUT2D eigenvalue weighted by atomic mass is 79.9. The lowest BCUT2D eigenvalue weighted by atomic mass is 9.68. The van der Waals surface area contributed by atoms with Gasteiger partial charge in [-0.15, -0.1) is 0 Å². The summed E-state index contributed by atoms with van der Waals surface area (Å²) in [5.74, 6) is 0. The van der Waals surface area contributed by atoms with Crippen molar-refractivity contribution >= 4 is 15.9 Å². The summed E-state index contributed by atoms with van der Waals surface area (Å²) in [6, 6.07) is 8.52. The topological polar surface area (TPSA) is 47.0 Å². The largest absolute Gasteiger partial charge is 0.375 e. The van der Waals surface area contributed by atoms with Crippen molar-refractivity contribution in [1.29, 1.82) is 0 Å². The highest BCUT2D eigenvalue weighted by Crippen LogP contribution is 2.49. The van der Waals surface area contributed by atoms with E-state index in [0.29, 0.717) is 0 Å². The number of hydrogen-bond donors (Lipinski definition) is 1. The quantitative estimate of drug-likeness (QED) is 0.631. The van der Waals surface area contributed by atoms with E-state index in [1.165, 1.54) is 36.9 Å². The van der Waals surface area contributed by atoms with Crippen molar-refractivity contribution in [2.24, 2.45) is 0 Å². The van der Waals surface area contributed by atoms with Crippen LogP contribution < -0.4 is 5.32 Å². The molecule has 0 aromatic carbocycles. The number of rotatable bonds is 6. The SMILES string of the molecule is Cc1ncc(CNCC[C@]2(c3ccccn3)CCOC3(CCCC3)C2)cc1Br. The molecule has 1 spiro atoms. The van der Waals surface area contributed by atoms with E-state index in [0.717, 1.165) is 49.1 Å². The second-order valence-electron chi connectivity index (χ2n) is 8.50. The summed E-state index contributed by atoms with van der Waals surface area (Å²) >= 11 is 3.58. The maximum atomic E-state index is 6.34. The highest BCUT2D eigenvalue weighted by Gasteiger charge is 2.48. The van der Waals surface area contributed by atoms with E-state index in [1.54, 1.807) is 0 Å². The summed E-state index contributed by atoms with van der Waals surface area (Å²) in [5, 5.41) is 3.64. The first-order valence-electron chi connectivity index (χ1n) is 10.5. The second kappa shape index (κ2) is 8.60. The van der Waals surface area contributed by atoms with Crippen LogP contribution in [0.15, 0.2) is 41.1 Å². The van der Waals surface area contributed by atoms with Gasteiger partial charge in [-0.05, 0) is 85.3 Å². The summed E-state index contributed by atoms with van der Waals surface area (Å²) in [6.07, 6.45) is 12.2. The van der Waals surface area contributed by atoms with Crippen LogP contribution in [0.4, 0.5) is 0 Å². The van der Waals surface area contributed by atoms with Gasteiger partial charge in [-0.25, -0.2) is 0 Å². The Morgan fingerprint density at radius 1 is 1.18 bits per heavy atom. The van der Waals surface area contributed by atoms with Crippen molar-refractivity contribution in [2.75, 3.05) is 13.2 Å². The summed E-state index contributed by atoms with van der Waals surface area (Å²) < 4.78 is 7.41. The number of aromatic nitrogens is 2. The summed E-state index contributed by atoms with van der Waals surface area (Å²) in [7, 11) is 0. The van der Waals surface area contributed by atoms with Gasteiger partial charge >= 0.3 is 0 Å². The molecule has 0 bridgehead atoms. The molecule has 4 rings (SSSR count). The predicted octanol–water partition coefficient (Wildman–Crippen LogP) is 5.09. The second-order valence-corrected chi connectivity index (χ2v) is 9.35. The van der Waals surface area contributed by atoms with Crippen molar-refractivity contribution in [3.05, 3.63) is 58.1 Å². The summed E-state index contributed by atoms with van der Waals surface area (Å²) in [5.41, 5.74) is 3.68. The number of ether oxygens (including phenoxy) is 1. The first-order chi connectivity index (χ1) is 13.6. The third-order valence-electron chi connectivity index (χ3n) is 6.56. The maximum Gasteiger partial charge on any atom is 0.0691 e. The number of hydrogen-bond acceptors (Lipinski definition) is 4. The minimum Gasteiger partial charge on any atom is -0.375 e. The van der Waals surface area contributed by atoms with Crippen LogP contribution in [0.1, 0.15) is 61.9 Å². The van der Waals surface area contributed by atoms with Gasteiger partial charge < -0.3 is 10.1 Å². The lowest BCUT2D eigenvalue weighted by Gasteiger charge is -2.46. The first kappa shape index (κ1) is 20.0. The molecule has 2 aromatic rings. The molecule has 4 nitrogen and oxygen atoms in total. The Morgan fingerprint density at radius 3 is 2.79 bits per heavy atom. The van der Waals surface area contributed by atoms with E-state index >= 15 is 0 Å². The summed E-state index contributed by atoms with van der Waals surface area (Å²) in [6.45, 7) is 4.68. The molecular weight excluding hydrogens is 414 g/mol. The molecule has 1 aliphatic carbocycles. The van der Waals surface area contributed by atoms with Crippen LogP contribution in [0.25, 0.3) is 0 Å². The Hall–Kier alpha value is -1.30. The van der Waals surface area contributed by atoms with Crippen molar-refractivity contribution in [3.63, 3.8) is 0 Å². The fourth-order valence-electron chi connectivity index (χ4n) is 5.00. The van der Waals surface area contributed by atoms with Gasteiger partial charge in [0.25, 0.3) is 0 Å². The first-order valence-corrected chi connectivity index (χ1v) is 11.3. The van der Waals surface area contributed by atoms with E-state index in [-0.39, 0.29) is 11.0 Å². The number of halogens is 1. The van der Waals surface area contributed by atoms with Gasteiger partial charge in [0.2, 0.25) is 0 Å². The van der Waals surface area contributed by atoms with Gasteiger partial charge in [-0.1, -0.05) is 18.9 Å². The molecule has 1 saturated carbocycles. The van der Waals surface area contributed by atoms with E-state index in [4.69, 9.17) is 9.72 Å². The average molecular weight is 444 g/mol. The van der Waals surface area contributed by atoms with E-state index in [1.807, 2.05) is 25.4 Å². The van der Waals surface area contributed by atoms with Crippen LogP contribution in [0, 0.1) is 6.92 Å². The number of aryl methyl sites for hydroxylation is 1. The van der Waals surface area contributed by atoms with Crippen LogP contribution in [-0.2, 0) is 16.7 Å². The molecule has 1 N–H and O–H groups in total. The molecule has 1 atom stereocenters. The molecule has 2 aromatic heterocycles. The fourth-order valence-corrected chi connectivity index (χ4v) is 5.40. The zero-order valence-corrected chi connectivity index (χ0v) is 18.3. The third-order valence-corrected chi connectivity index (χ3v) is 7.37. The van der Waals surface area contributed by atoms with Crippen molar-refractivity contribution < 1.29 is 4.74 Å². The molecule has 2 fully saturated rings. The lowest BCUT2D eigenvalue weighted by molar-refractivity contribution is -0.104. The molecule has 5 heteroatoms. The van der Waals surface area contributed by atoms with E-state index in [2.05, 4.69) is 44.4 Å². The van der Waals surface area contributed by atoms with Gasteiger partial charge in [0.15, 0.2) is 0 Å². The van der Waals surface area contributed by atoms with Crippen LogP contribution in [0.5, 0.6) is 0 Å². The van der Waals surface area contributed by atoms with Gasteiger partial charge in [-0.3, -0.25) is 9.97 Å². The van der Waals surface area contributed by atoms with Gasteiger partial charge in [-0.2, -0.15) is 0 Å². The smallest absolute Gasteiger partial charge is 0.0691 e. The van der Waals surface area contributed by atoms with Gasteiger partial charge in [0, 0.05) is 41.1 Å². The monoisotopic (exact) mass is 443 g/mol. The van der Waals surface area contributed by atoms with Crippen LogP contribution >= 0.6 is 15.9 Å². The fraction of sp³-hybridized carbons (Fsp3) is 0.565. The maximum absolute atomic E-state index is 6.34. The molecule has 2 aliphatic rings. The number of nitrogens with one attached hydrogen (secondary N) is 1. The van der Waals surface area contributed by atoms with Crippen molar-refractivity contribution in [2.45, 2.75) is 69.4 Å². The Kier molecular flexibility index (Phi) is 6.14. The molecular formula is C23H30BrN3O. The van der Waals surface area contributed by atoms with Gasteiger partial charge in [0.1, 0.15) is 0 Å². The standard InChI is InChI=1S/C23H30BrN3O/c1-18-20(24)14-19(16-27-18)15-25-12-9-22(21-6-2-5-11-26-21)10-13-28-23(17-22)7-3-4-8-23/h2,5-6,11,14,16,25H,3-4,7-10,12-13,15,17H2,1H3/t22-/m0/s1. The number of pyridine rings is 2. The van der Waals surface area contributed by atoms with Crippen molar-refractivity contribution in [1.82, 2.24) is 15.3 Å². The number of nitrogens with zero attached hydrogens (tertiary/aromatic N) is 2. The molecule has 0 radical (unpaired) electrons. The minimum absolute atomic E-state index is 0.0848. The molecule has 0 amide bonds. The van der Waals surface area contributed by atoms with E-state index in [9.17, 15) is 0 Å². The van der Waals surface area contributed by atoms with Crippen molar-refractivity contribution in [3.8, 4) is 0 Å². The molecule has 28 heavy (non-hydrogen) atoms. The molecule has 1 saturated heterocycles. The molecule has 1 aliphatic heterocycles. The van der Waals surface area contributed by atoms with Crippen LogP contribution in [0.2, 0.25) is 0 Å². The van der Waals surface area contributed by atoms with Crippen LogP contribution in [0.3, 0.4) is 0 Å². The Labute approximate surface area is 176 Å². The third kappa shape index (κ3) is 4.32. The van der Waals surface area contributed by atoms with Gasteiger partial charge in [0.05, 0.1) is 11.3 Å². The Bertz CT molecular complexity index is 792. The normalized spacial score (nSPS) is 23.9. The Morgan fingerprint density at radius 2 is 2.04 bits per heavy atom. The molecule has 3 heterocycles.